The van der Waals surface area contributed by atoms with E-state index < -0.39 is 0 Å². The summed E-state index contributed by atoms with van der Waals surface area (Å²) in [6.45, 7) is 6.62. The maximum absolute atomic E-state index is 4.72. The molecule has 8 heteroatoms. The molecule has 196 valence electrons. The zero-order valence-corrected chi connectivity index (χ0v) is 22.5. The average molecular weight is 526 g/mol. The number of nitrogens with zero attached hydrogens (tertiary/aromatic N) is 4. The molecule has 8 nitrogen and oxygen atoms in total. The fourth-order valence-electron chi connectivity index (χ4n) is 5.12. The number of nitrogens with one attached hydrogen (secondary N) is 4. The monoisotopic (exact) mass is 525 g/mol. The molecule has 0 atom stereocenters. The summed E-state index contributed by atoms with van der Waals surface area (Å²) < 4.78 is 2.16. The molecule has 0 aliphatic rings. The van der Waals surface area contributed by atoms with Crippen LogP contribution in [0.3, 0.4) is 0 Å². The number of anilines is 4. The fraction of sp³-hybridized carbons (Fsp3) is 0.125. The van der Waals surface area contributed by atoms with Gasteiger partial charge in [0.05, 0.1) is 17.1 Å². The number of hydrogen-bond acceptors (Lipinski definition) is 5. The molecule has 0 aliphatic carbocycles. The second kappa shape index (κ2) is 9.20. The molecular weight excluding hydrogens is 496 g/mol. The average Bonchev–Trinajstić information content (AvgIpc) is 3.62. The molecule has 0 radical (unpaired) electrons. The van der Waals surface area contributed by atoms with E-state index >= 15 is 0 Å². The van der Waals surface area contributed by atoms with Gasteiger partial charge in [0.25, 0.3) is 0 Å². The van der Waals surface area contributed by atoms with Gasteiger partial charge in [-0.2, -0.15) is 4.57 Å². The molecule has 0 fully saturated rings. The molecule has 5 heterocycles. The molecule has 0 saturated heterocycles. The van der Waals surface area contributed by atoms with Crippen LogP contribution in [0.15, 0.2) is 97.8 Å². The van der Waals surface area contributed by atoms with Crippen molar-refractivity contribution in [3.05, 3.63) is 103 Å². The van der Waals surface area contributed by atoms with E-state index in [0.717, 1.165) is 55.7 Å². The van der Waals surface area contributed by atoms with E-state index in [1.54, 1.807) is 0 Å². The number of pyridine rings is 2. The van der Waals surface area contributed by atoms with Crippen LogP contribution in [0.5, 0.6) is 0 Å². The van der Waals surface area contributed by atoms with Crippen LogP contribution in [0.2, 0.25) is 0 Å². The topological polar surface area (TPSA) is 98.2 Å². The third-order valence-electron chi connectivity index (χ3n) is 7.20. The van der Waals surface area contributed by atoms with Crippen molar-refractivity contribution in [2.75, 3.05) is 10.6 Å². The number of hydrogen-bond donors (Lipinski definition) is 4. The summed E-state index contributed by atoms with van der Waals surface area (Å²) in [6, 6.07) is 20.8. The van der Waals surface area contributed by atoms with Crippen molar-refractivity contribution in [1.29, 1.82) is 0 Å². The Morgan fingerprint density at radius 2 is 1.55 bits per heavy atom. The Kier molecular flexibility index (Phi) is 5.48. The first-order valence-electron chi connectivity index (χ1n) is 13.3. The molecule has 5 aromatic heterocycles. The molecule has 40 heavy (non-hydrogen) atoms. The molecule has 0 saturated carbocycles. The number of H-pyrrole nitrogens is 2. The lowest BCUT2D eigenvalue weighted by molar-refractivity contribution is -0.565. The van der Waals surface area contributed by atoms with Gasteiger partial charge in [-0.3, -0.25) is 0 Å². The van der Waals surface area contributed by atoms with Crippen molar-refractivity contribution >= 4 is 55.8 Å². The highest BCUT2D eigenvalue weighted by molar-refractivity contribution is 5.92. The minimum atomic E-state index is 0.0344. The zero-order valence-electron chi connectivity index (χ0n) is 22.5. The van der Waals surface area contributed by atoms with Gasteiger partial charge >= 0.3 is 0 Å². The van der Waals surface area contributed by atoms with Crippen molar-refractivity contribution in [2.45, 2.75) is 26.2 Å². The van der Waals surface area contributed by atoms with Crippen LogP contribution in [0.25, 0.3) is 38.5 Å². The summed E-state index contributed by atoms with van der Waals surface area (Å²) >= 11 is 0. The molecule has 2 aromatic carbocycles. The van der Waals surface area contributed by atoms with E-state index in [4.69, 9.17) is 4.98 Å². The summed E-state index contributed by atoms with van der Waals surface area (Å²) in [5.74, 6) is 1.50. The predicted molar refractivity (Wildman–Crippen MR) is 161 cm³/mol. The molecule has 0 aliphatic heterocycles. The lowest BCUT2D eigenvalue weighted by Crippen LogP contribution is -2.32. The Labute approximate surface area is 231 Å². The molecule has 0 unspecified atom stereocenters. The largest absolute Gasteiger partial charge is 0.361 e. The first-order valence-corrected chi connectivity index (χ1v) is 13.3. The minimum absolute atomic E-state index is 0.0344. The van der Waals surface area contributed by atoms with E-state index in [-0.39, 0.29) is 5.41 Å². The van der Waals surface area contributed by atoms with Crippen molar-refractivity contribution in [3.63, 3.8) is 0 Å². The first kappa shape index (κ1) is 23.8. The Hall–Kier alpha value is -5.24. The normalized spacial score (nSPS) is 11.9. The highest BCUT2D eigenvalue weighted by atomic mass is 15.1. The number of benzene rings is 2. The first-order chi connectivity index (χ1) is 19.4. The van der Waals surface area contributed by atoms with Crippen molar-refractivity contribution in [1.82, 2.24) is 24.9 Å². The van der Waals surface area contributed by atoms with Gasteiger partial charge in [0.15, 0.2) is 17.5 Å². The lowest BCUT2D eigenvalue weighted by atomic mass is 9.88. The zero-order chi connectivity index (χ0) is 27.3. The van der Waals surface area contributed by atoms with Crippen LogP contribution < -0.4 is 15.2 Å². The second-order valence-electron chi connectivity index (χ2n) is 11.0. The van der Waals surface area contributed by atoms with Crippen molar-refractivity contribution < 1.29 is 4.57 Å². The standard InChI is InChI=1S/C32H28N8/c1-32(2,3)21-7-11-35-29(16-21)38-23-18-26-24(8-12-34-26)28(19-23)40-15-14-36-30-27(40)9-13-37-31(30)39-22-5-4-20-6-10-33-25(20)17-22/h4-19H,1-3H3,(H3,33,34,35,36,37,38,39)/p+1. The molecule has 0 amide bonds. The molecule has 0 bridgehead atoms. The Balaban J connectivity index is 1.31. The quantitative estimate of drug-likeness (QED) is 0.181. The van der Waals surface area contributed by atoms with Crippen LogP contribution in [-0.2, 0) is 5.41 Å². The van der Waals surface area contributed by atoms with Gasteiger partial charge in [0.1, 0.15) is 5.82 Å². The van der Waals surface area contributed by atoms with E-state index in [0.29, 0.717) is 5.82 Å². The number of aromatic nitrogens is 6. The van der Waals surface area contributed by atoms with E-state index in [1.165, 1.54) is 5.56 Å². The summed E-state index contributed by atoms with van der Waals surface area (Å²) in [7, 11) is 0. The lowest BCUT2D eigenvalue weighted by Gasteiger charge is -2.19. The Bertz CT molecular complexity index is 2010. The number of fused-ring (bicyclic) bond motifs is 3. The summed E-state index contributed by atoms with van der Waals surface area (Å²) in [6.07, 6.45) is 11.4. The highest BCUT2D eigenvalue weighted by Crippen LogP contribution is 2.29. The van der Waals surface area contributed by atoms with Crippen LogP contribution in [0.1, 0.15) is 26.3 Å². The van der Waals surface area contributed by atoms with Crippen LogP contribution in [0.4, 0.5) is 23.0 Å². The van der Waals surface area contributed by atoms with E-state index in [1.807, 2.05) is 43.2 Å². The maximum Gasteiger partial charge on any atom is 0.242 e. The van der Waals surface area contributed by atoms with E-state index in [2.05, 4.69) is 111 Å². The molecule has 7 rings (SSSR count). The maximum atomic E-state index is 4.72. The summed E-state index contributed by atoms with van der Waals surface area (Å²) in [5.41, 5.74) is 7.96. The van der Waals surface area contributed by atoms with Gasteiger partial charge in [-0.15, -0.1) is 0 Å². The number of aromatic amines is 2. The van der Waals surface area contributed by atoms with Crippen LogP contribution in [0, 0.1) is 0 Å². The highest BCUT2D eigenvalue weighted by Gasteiger charge is 2.21. The SMILES string of the molecule is CC(C)(C)c1ccnc(Nc2cc(-[n+]3ccnc4c(Nc5ccc6cc[nH]c6c5)nccc43)c3cc[nH]c3c2)c1. The molecule has 4 N–H and O–H groups in total. The van der Waals surface area contributed by atoms with Crippen LogP contribution in [-0.4, -0.2) is 24.9 Å². The van der Waals surface area contributed by atoms with Gasteiger partial charge in [0.2, 0.25) is 11.2 Å². The Morgan fingerprint density at radius 3 is 2.45 bits per heavy atom. The van der Waals surface area contributed by atoms with Crippen molar-refractivity contribution in [3.8, 4) is 5.69 Å². The van der Waals surface area contributed by atoms with Gasteiger partial charge in [-0.1, -0.05) is 26.8 Å². The molecule has 7 aromatic rings. The van der Waals surface area contributed by atoms with Gasteiger partial charge in [-0.05, 0) is 58.8 Å². The van der Waals surface area contributed by atoms with E-state index in [9.17, 15) is 0 Å². The third kappa shape index (κ3) is 4.29. The second-order valence-corrected chi connectivity index (χ2v) is 11.0. The third-order valence-corrected chi connectivity index (χ3v) is 7.20. The van der Waals surface area contributed by atoms with Crippen molar-refractivity contribution in [2.24, 2.45) is 0 Å². The predicted octanol–water partition coefficient (Wildman–Crippen LogP) is 7.05. The minimum Gasteiger partial charge on any atom is -0.361 e. The number of rotatable bonds is 5. The summed E-state index contributed by atoms with van der Waals surface area (Å²) in [5, 5.41) is 9.26. The molecular formula is C32H29N8+. The van der Waals surface area contributed by atoms with Gasteiger partial charge in [0, 0.05) is 53.8 Å². The molecule has 0 spiro atoms. The van der Waals surface area contributed by atoms with Gasteiger partial charge < -0.3 is 20.6 Å². The Morgan fingerprint density at radius 1 is 0.725 bits per heavy atom. The van der Waals surface area contributed by atoms with Gasteiger partial charge in [-0.25, -0.2) is 15.0 Å². The van der Waals surface area contributed by atoms with Crippen LogP contribution >= 0.6 is 0 Å². The fourth-order valence-corrected chi connectivity index (χ4v) is 5.12. The summed E-state index contributed by atoms with van der Waals surface area (Å²) in [4.78, 5) is 20.6. The smallest absolute Gasteiger partial charge is 0.242 e.